The summed E-state index contributed by atoms with van der Waals surface area (Å²) in [5.41, 5.74) is 0.642. The van der Waals surface area contributed by atoms with Crippen molar-refractivity contribution >= 4 is 23.8 Å². The maximum absolute atomic E-state index is 14.2. The topological polar surface area (TPSA) is 174 Å². The monoisotopic (exact) mass is 764 g/mol. The molecule has 5 atom stereocenters. The number of carbonyl (C=O) groups excluding carboxylic acids is 4. The highest BCUT2D eigenvalue weighted by Crippen LogP contribution is 2.34. The quantitative estimate of drug-likeness (QED) is 0.157. The van der Waals surface area contributed by atoms with Gasteiger partial charge in [-0.25, -0.2) is 4.79 Å². The number of benzene rings is 1. The number of likely N-dealkylation sites (tertiary alicyclic amines) is 1. The molecule has 3 N–H and O–H groups in total. The Bertz CT molecular complexity index is 1350. The summed E-state index contributed by atoms with van der Waals surface area (Å²) in [6.45, 7) is 16.3. The van der Waals surface area contributed by atoms with Crippen LogP contribution < -0.4 is 10.6 Å². The third-order valence-electron chi connectivity index (χ3n) is 9.27. The van der Waals surface area contributed by atoms with Gasteiger partial charge >= 0.3 is 6.09 Å². The molecule has 54 heavy (non-hydrogen) atoms. The molecule has 1 fully saturated rings. The van der Waals surface area contributed by atoms with E-state index < -0.39 is 47.2 Å². The highest BCUT2D eigenvalue weighted by atomic mass is 16.6. The lowest BCUT2D eigenvalue weighted by atomic mass is 9.85. The maximum atomic E-state index is 14.2. The molecule has 4 amide bonds. The maximum Gasteiger partial charge on any atom is 0.410 e. The summed E-state index contributed by atoms with van der Waals surface area (Å²) in [7, 11) is 1.48. The Labute approximate surface area is 320 Å². The summed E-state index contributed by atoms with van der Waals surface area (Å²) in [6, 6.07) is 4.93. The highest BCUT2D eigenvalue weighted by molar-refractivity contribution is 5.94. The Morgan fingerprint density at radius 1 is 0.889 bits per heavy atom. The number of nitrogens with zero attached hydrogens (tertiary/aromatic N) is 2. The van der Waals surface area contributed by atoms with Crippen LogP contribution in [0.4, 0.5) is 4.79 Å². The molecular weight excluding hydrogens is 700 g/mol. The molecule has 1 aliphatic carbocycles. The van der Waals surface area contributed by atoms with Crippen molar-refractivity contribution in [1.29, 1.82) is 0 Å². The molecule has 0 aromatic heterocycles. The van der Waals surface area contributed by atoms with Crippen molar-refractivity contribution in [2.45, 2.75) is 104 Å². The van der Waals surface area contributed by atoms with Crippen molar-refractivity contribution < 1.29 is 52.7 Å². The van der Waals surface area contributed by atoms with Crippen LogP contribution >= 0.6 is 0 Å². The molecule has 1 aromatic rings. The fraction of sp³-hybridized carbons (Fsp3) is 0.744. The van der Waals surface area contributed by atoms with Gasteiger partial charge in [0.1, 0.15) is 23.7 Å². The number of aliphatic hydroxyl groups is 1. The molecule has 0 bridgehead atoms. The van der Waals surface area contributed by atoms with E-state index in [-0.39, 0.29) is 24.5 Å². The molecule has 2 aliphatic rings. The second-order valence-electron chi connectivity index (χ2n) is 15.7. The number of rotatable bonds is 21. The Morgan fingerprint density at radius 3 is 2.04 bits per heavy atom. The Morgan fingerprint density at radius 2 is 1.46 bits per heavy atom. The molecule has 1 heterocycles. The molecule has 1 aromatic carbocycles. The zero-order valence-corrected chi connectivity index (χ0v) is 33.5. The van der Waals surface area contributed by atoms with E-state index in [1.165, 1.54) is 11.9 Å². The van der Waals surface area contributed by atoms with Crippen molar-refractivity contribution in [2.75, 3.05) is 79.7 Å². The van der Waals surface area contributed by atoms with Gasteiger partial charge in [-0.3, -0.25) is 19.3 Å². The summed E-state index contributed by atoms with van der Waals surface area (Å²) >= 11 is 0. The second kappa shape index (κ2) is 21.7. The summed E-state index contributed by atoms with van der Waals surface area (Å²) in [4.78, 5) is 57.0. The van der Waals surface area contributed by atoms with E-state index in [0.717, 1.165) is 11.1 Å². The molecular formula is C39H64N4O11. The van der Waals surface area contributed by atoms with Crippen molar-refractivity contribution in [3.8, 4) is 0 Å². The molecule has 0 radical (unpaired) electrons. The first-order valence-corrected chi connectivity index (χ1v) is 19.0. The first-order chi connectivity index (χ1) is 25.5. The second-order valence-corrected chi connectivity index (χ2v) is 15.7. The van der Waals surface area contributed by atoms with Gasteiger partial charge in [-0.1, -0.05) is 45.0 Å². The number of nitrogens with one attached hydrogen (secondary N) is 2. The smallest absolute Gasteiger partial charge is 0.410 e. The fourth-order valence-corrected chi connectivity index (χ4v) is 6.27. The fourth-order valence-electron chi connectivity index (χ4n) is 6.27. The van der Waals surface area contributed by atoms with Gasteiger partial charge in [-0.2, -0.15) is 0 Å². The van der Waals surface area contributed by atoms with Crippen LogP contribution in [0, 0.1) is 5.41 Å². The Kier molecular flexibility index (Phi) is 18.1. The van der Waals surface area contributed by atoms with Crippen LogP contribution in [-0.4, -0.2) is 148 Å². The minimum Gasteiger partial charge on any atom is -0.444 e. The standard InChI is InChI=1S/C39H64N4O11/c1-27(42(8)37(48)54-39(5,6)7)34(45)41-33(38(2,3)4)36(47)43-15-11-14-30(43)35(46)40-32-29-13-10-9-12-28(29)26-31(32)53-25-24-52-23-22-51-21-20-50-19-18-49-17-16-44/h9-10,12-13,27,30-33,44H,11,14-26H2,1-8H3,(H,40,46)(H,41,45)/t27-,30-,31+,32-,33+/m0/s1. The lowest BCUT2D eigenvalue weighted by Crippen LogP contribution is -2.60. The molecule has 0 spiro atoms. The molecule has 15 nitrogen and oxygen atoms in total. The highest BCUT2D eigenvalue weighted by Gasteiger charge is 2.44. The molecule has 15 heteroatoms. The lowest BCUT2D eigenvalue weighted by molar-refractivity contribution is -0.144. The predicted octanol–water partition coefficient (Wildman–Crippen LogP) is 2.62. The number of hydrogen-bond acceptors (Lipinski definition) is 11. The van der Waals surface area contributed by atoms with E-state index in [1.54, 1.807) is 32.6 Å². The van der Waals surface area contributed by atoms with E-state index in [9.17, 15) is 19.2 Å². The van der Waals surface area contributed by atoms with Crippen LogP contribution in [0.3, 0.4) is 0 Å². The molecule has 0 saturated carbocycles. The normalized spacial score (nSPS) is 19.6. The number of carbonyl (C=O) groups is 4. The van der Waals surface area contributed by atoms with Gasteiger partial charge in [0.25, 0.3) is 0 Å². The van der Waals surface area contributed by atoms with Crippen molar-refractivity contribution in [1.82, 2.24) is 20.4 Å². The lowest BCUT2D eigenvalue weighted by Gasteiger charge is -2.37. The summed E-state index contributed by atoms with van der Waals surface area (Å²) in [5, 5.41) is 14.8. The molecule has 1 aliphatic heterocycles. The minimum absolute atomic E-state index is 0.00804. The van der Waals surface area contributed by atoms with Gasteiger partial charge in [0.15, 0.2) is 0 Å². The number of hydrogen-bond donors (Lipinski definition) is 3. The number of aliphatic hydroxyl groups excluding tert-OH is 1. The van der Waals surface area contributed by atoms with Gasteiger partial charge < -0.3 is 49.1 Å². The Balaban J connectivity index is 1.54. The van der Waals surface area contributed by atoms with Gasteiger partial charge in [-0.15, -0.1) is 0 Å². The van der Waals surface area contributed by atoms with E-state index in [0.29, 0.717) is 85.3 Å². The first-order valence-electron chi connectivity index (χ1n) is 19.0. The number of amides is 4. The van der Waals surface area contributed by atoms with Crippen molar-refractivity contribution in [3.63, 3.8) is 0 Å². The van der Waals surface area contributed by atoms with Crippen LogP contribution in [0.15, 0.2) is 24.3 Å². The van der Waals surface area contributed by atoms with Gasteiger partial charge in [-0.05, 0) is 57.1 Å². The van der Waals surface area contributed by atoms with Gasteiger partial charge in [0.2, 0.25) is 17.7 Å². The van der Waals surface area contributed by atoms with E-state index in [4.69, 9.17) is 33.5 Å². The first kappa shape index (κ1) is 45.1. The predicted molar refractivity (Wildman–Crippen MR) is 201 cm³/mol. The molecule has 3 rings (SSSR count). The van der Waals surface area contributed by atoms with Crippen molar-refractivity contribution in [2.24, 2.45) is 5.41 Å². The Hall–Kier alpha value is -3.34. The zero-order chi connectivity index (χ0) is 39.9. The van der Waals surface area contributed by atoms with Gasteiger partial charge in [0.05, 0.1) is 78.2 Å². The zero-order valence-electron chi connectivity index (χ0n) is 33.5. The summed E-state index contributed by atoms with van der Waals surface area (Å²) < 4.78 is 33.4. The largest absolute Gasteiger partial charge is 0.444 e. The number of fused-ring (bicyclic) bond motifs is 1. The van der Waals surface area contributed by atoms with Crippen LogP contribution in [0.25, 0.3) is 0 Å². The average molecular weight is 765 g/mol. The SMILES string of the molecule is C[C@@H](C(=O)N[C@H](C(=O)N1CCC[C@H]1C(=O)N[C@H]1c2ccccc2C[C@H]1OCCOCCOCCOCCOCCO)C(C)(C)C)N(C)C(=O)OC(C)(C)C. The van der Waals surface area contributed by atoms with Crippen LogP contribution in [-0.2, 0) is 49.2 Å². The van der Waals surface area contributed by atoms with E-state index in [2.05, 4.69) is 10.6 Å². The van der Waals surface area contributed by atoms with Gasteiger partial charge in [0, 0.05) is 20.0 Å². The molecule has 1 saturated heterocycles. The third-order valence-corrected chi connectivity index (χ3v) is 9.27. The van der Waals surface area contributed by atoms with Crippen LogP contribution in [0.5, 0.6) is 0 Å². The van der Waals surface area contributed by atoms with Crippen LogP contribution in [0.1, 0.15) is 78.5 Å². The van der Waals surface area contributed by atoms with Crippen molar-refractivity contribution in [3.05, 3.63) is 35.4 Å². The number of likely N-dealkylation sites (N-methyl/N-ethyl adjacent to an activating group) is 1. The average Bonchev–Trinajstić information content (AvgIpc) is 3.74. The summed E-state index contributed by atoms with van der Waals surface area (Å²) in [5.74, 6) is -1.13. The minimum atomic E-state index is -0.946. The third kappa shape index (κ3) is 14.1. The molecule has 0 unspecified atom stereocenters. The van der Waals surface area contributed by atoms with E-state index in [1.807, 2.05) is 45.0 Å². The van der Waals surface area contributed by atoms with E-state index >= 15 is 0 Å². The molecule has 306 valence electrons. The number of ether oxygens (including phenoxy) is 6. The summed E-state index contributed by atoms with van der Waals surface area (Å²) in [6.07, 6.45) is 0.782. The van der Waals surface area contributed by atoms with Crippen LogP contribution in [0.2, 0.25) is 0 Å².